The van der Waals surface area contributed by atoms with Crippen LogP contribution >= 0.6 is 0 Å². The highest BCUT2D eigenvalue weighted by Crippen LogP contribution is 2.22. The molecule has 0 spiro atoms. The van der Waals surface area contributed by atoms with Crippen LogP contribution in [-0.4, -0.2) is 29.0 Å². The fourth-order valence-electron chi connectivity index (χ4n) is 2.90. The number of carbonyl (C=O) groups excluding carboxylic acids is 1. The first-order valence-electron chi connectivity index (χ1n) is 8.35. The highest BCUT2D eigenvalue weighted by atomic mass is 16.1. The van der Waals surface area contributed by atoms with E-state index in [9.17, 15) is 4.79 Å². The Hall–Kier alpha value is -2.63. The van der Waals surface area contributed by atoms with Crippen LogP contribution in [0, 0.1) is 6.92 Å². The van der Waals surface area contributed by atoms with Crippen LogP contribution in [-0.2, 0) is 4.79 Å². The van der Waals surface area contributed by atoms with Crippen LogP contribution in [0.2, 0.25) is 0 Å². The molecule has 0 radical (unpaired) electrons. The number of piperidine rings is 1. The van der Waals surface area contributed by atoms with Gasteiger partial charge in [-0.05, 0) is 44.4 Å². The molecule has 2 aromatic rings. The molecule has 2 N–H and O–H groups in total. The Morgan fingerprint density at radius 2 is 1.83 bits per heavy atom. The third kappa shape index (κ3) is 4.22. The monoisotopic (exact) mass is 325 g/mol. The molecule has 24 heavy (non-hydrogen) atoms. The van der Waals surface area contributed by atoms with Gasteiger partial charge < -0.3 is 15.5 Å². The van der Waals surface area contributed by atoms with Crippen molar-refractivity contribution in [2.75, 3.05) is 28.6 Å². The lowest BCUT2D eigenvalue weighted by atomic mass is 10.1. The second kappa shape index (κ2) is 7.29. The minimum absolute atomic E-state index is 0.0914. The van der Waals surface area contributed by atoms with Gasteiger partial charge in [0.1, 0.15) is 5.82 Å². The highest BCUT2D eigenvalue weighted by molar-refractivity contribution is 5.89. The van der Waals surface area contributed by atoms with Crippen molar-refractivity contribution in [1.82, 2.24) is 9.97 Å². The van der Waals surface area contributed by atoms with E-state index in [1.807, 2.05) is 37.3 Å². The third-order valence-corrected chi connectivity index (χ3v) is 3.96. The third-order valence-electron chi connectivity index (χ3n) is 3.96. The average Bonchev–Trinajstić information content (AvgIpc) is 2.55. The maximum Gasteiger partial charge on any atom is 0.229 e. The molecule has 6 heteroatoms. The summed E-state index contributed by atoms with van der Waals surface area (Å²) in [6.07, 6.45) is 3.72. The Bertz CT molecular complexity index is 725. The molecule has 0 aliphatic carbocycles. The minimum Gasteiger partial charge on any atom is -0.356 e. The number of hydrogen-bond donors (Lipinski definition) is 2. The van der Waals surface area contributed by atoms with Crippen molar-refractivity contribution in [2.24, 2.45) is 0 Å². The van der Waals surface area contributed by atoms with Crippen molar-refractivity contribution < 1.29 is 4.79 Å². The van der Waals surface area contributed by atoms with Gasteiger partial charge in [0.15, 0.2) is 0 Å². The fraction of sp³-hybridized carbons (Fsp3) is 0.389. The highest BCUT2D eigenvalue weighted by Gasteiger charge is 2.14. The fourth-order valence-corrected chi connectivity index (χ4v) is 2.90. The zero-order valence-electron chi connectivity index (χ0n) is 14.2. The zero-order chi connectivity index (χ0) is 16.9. The van der Waals surface area contributed by atoms with Crippen LogP contribution < -0.4 is 15.5 Å². The van der Waals surface area contributed by atoms with Crippen LogP contribution in [0.5, 0.6) is 0 Å². The number of anilines is 4. The van der Waals surface area contributed by atoms with Gasteiger partial charge in [-0.3, -0.25) is 4.79 Å². The van der Waals surface area contributed by atoms with Crippen molar-refractivity contribution >= 4 is 29.0 Å². The van der Waals surface area contributed by atoms with Gasteiger partial charge in [0.25, 0.3) is 0 Å². The number of aromatic nitrogens is 2. The Labute approximate surface area is 142 Å². The first-order chi connectivity index (χ1) is 11.6. The van der Waals surface area contributed by atoms with Crippen LogP contribution in [0.4, 0.5) is 23.1 Å². The van der Waals surface area contributed by atoms with Gasteiger partial charge >= 0.3 is 0 Å². The van der Waals surface area contributed by atoms with Crippen molar-refractivity contribution in [3.05, 3.63) is 36.0 Å². The van der Waals surface area contributed by atoms with Crippen molar-refractivity contribution in [1.29, 1.82) is 0 Å². The van der Waals surface area contributed by atoms with E-state index in [1.165, 1.54) is 26.2 Å². The number of aryl methyl sites for hydroxylation is 1. The minimum atomic E-state index is -0.0914. The van der Waals surface area contributed by atoms with E-state index in [2.05, 4.69) is 25.5 Å². The summed E-state index contributed by atoms with van der Waals surface area (Å²) < 4.78 is 0. The summed E-state index contributed by atoms with van der Waals surface area (Å²) in [5.74, 6) is 1.46. The molecule has 1 amide bonds. The molecule has 2 heterocycles. The summed E-state index contributed by atoms with van der Waals surface area (Å²) in [4.78, 5) is 22.6. The molecule has 1 fully saturated rings. The summed E-state index contributed by atoms with van der Waals surface area (Å²) in [6, 6.07) is 9.56. The predicted molar refractivity (Wildman–Crippen MR) is 96.9 cm³/mol. The van der Waals surface area contributed by atoms with Gasteiger partial charge in [-0.2, -0.15) is 4.98 Å². The summed E-state index contributed by atoms with van der Waals surface area (Å²) in [5, 5.41) is 6.02. The lowest BCUT2D eigenvalue weighted by Gasteiger charge is -2.28. The average molecular weight is 325 g/mol. The molecular weight excluding hydrogens is 302 g/mol. The van der Waals surface area contributed by atoms with Gasteiger partial charge in [0.05, 0.1) is 0 Å². The predicted octanol–water partition coefficient (Wildman–Crippen LogP) is 3.48. The number of benzene rings is 1. The maximum atomic E-state index is 11.2. The molecule has 0 bridgehead atoms. The lowest BCUT2D eigenvalue weighted by molar-refractivity contribution is -0.114. The quantitative estimate of drug-likeness (QED) is 0.900. The molecule has 0 unspecified atom stereocenters. The molecule has 0 saturated carbocycles. The zero-order valence-corrected chi connectivity index (χ0v) is 14.2. The largest absolute Gasteiger partial charge is 0.356 e. The summed E-state index contributed by atoms with van der Waals surface area (Å²) in [7, 11) is 0. The number of rotatable bonds is 4. The normalized spacial score (nSPS) is 14.3. The first-order valence-corrected chi connectivity index (χ1v) is 8.35. The van der Waals surface area contributed by atoms with Crippen molar-refractivity contribution in [3.8, 4) is 0 Å². The van der Waals surface area contributed by atoms with E-state index in [4.69, 9.17) is 0 Å². The Kier molecular flexibility index (Phi) is 4.93. The van der Waals surface area contributed by atoms with E-state index in [0.717, 1.165) is 36.0 Å². The molecule has 1 aliphatic rings. The van der Waals surface area contributed by atoms with Crippen LogP contribution in [0.15, 0.2) is 30.3 Å². The molecule has 126 valence electrons. The number of nitrogens with one attached hydrogen (secondary N) is 2. The smallest absolute Gasteiger partial charge is 0.229 e. The molecule has 1 aliphatic heterocycles. The van der Waals surface area contributed by atoms with Gasteiger partial charge in [-0.15, -0.1) is 0 Å². The number of hydrogen-bond acceptors (Lipinski definition) is 5. The Morgan fingerprint density at radius 1 is 1.08 bits per heavy atom. The second-order valence-corrected chi connectivity index (χ2v) is 6.13. The van der Waals surface area contributed by atoms with Crippen LogP contribution in [0.25, 0.3) is 0 Å². The van der Waals surface area contributed by atoms with Crippen molar-refractivity contribution in [2.45, 2.75) is 33.1 Å². The van der Waals surface area contributed by atoms with E-state index in [-0.39, 0.29) is 5.91 Å². The lowest BCUT2D eigenvalue weighted by Crippen LogP contribution is -2.30. The van der Waals surface area contributed by atoms with E-state index in [1.54, 1.807) is 0 Å². The number of carbonyl (C=O) groups is 1. The van der Waals surface area contributed by atoms with Crippen LogP contribution in [0.1, 0.15) is 31.9 Å². The van der Waals surface area contributed by atoms with Gasteiger partial charge in [0.2, 0.25) is 11.9 Å². The van der Waals surface area contributed by atoms with Crippen LogP contribution in [0.3, 0.4) is 0 Å². The van der Waals surface area contributed by atoms with Crippen molar-refractivity contribution in [3.63, 3.8) is 0 Å². The standard InChI is InChI=1S/C18H23N5O/c1-13-11-17(23-9-4-3-5-10-23)22-18(19-13)21-16-8-6-7-15(12-16)20-14(2)24/h6-8,11-12H,3-5,9-10H2,1-2H3,(H,20,24)(H,19,21,22). The Balaban J connectivity index is 1.79. The molecule has 1 saturated heterocycles. The number of amides is 1. The Morgan fingerprint density at radius 3 is 2.58 bits per heavy atom. The summed E-state index contributed by atoms with van der Waals surface area (Å²) in [6.45, 7) is 5.57. The van der Waals surface area contributed by atoms with Gasteiger partial charge in [0, 0.05) is 43.1 Å². The van der Waals surface area contributed by atoms with E-state index in [0.29, 0.717) is 5.95 Å². The molecule has 1 aromatic carbocycles. The first kappa shape index (κ1) is 16.2. The topological polar surface area (TPSA) is 70.2 Å². The molecule has 6 nitrogen and oxygen atoms in total. The van der Waals surface area contributed by atoms with E-state index < -0.39 is 0 Å². The SMILES string of the molecule is CC(=O)Nc1cccc(Nc2nc(C)cc(N3CCCCC3)n2)c1. The number of nitrogens with zero attached hydrogens (tertiary/aromatic N) is 3. The summed E-state index contributed by atoms with van der Waals surface area (Å²) >= 11 is 0. The maximum absolute atomic E-state index is 11.2. The molecular formula is C18H23N5O. The molecule has 0 atom stereocenters. The second-order valence-electron chi connectivity index (χ2n) is 6.13. The summed E-state index contributed by atoms with van der Waals surface area (Å²) in [5.41, 5.74) is 2.53. The van der Waals surface area contributed by atoms with E-state index >= 15 is 0 Å². The molecule has 1 aromatic heterocycles. The van der Waals surface area contributed by atoms with Gasteiger partial charge in [-0.1, -0.05) is 6.07 Å². The molecule has 3 rings (SSSR count). The van der Waals surface area contributed by atoms with Gasteiger partial charge in [-0.25, -0.2) is 4.98 Å².